The third kappa shape index (κ3) is 6.83. The number of benzene rings is 2. The highest BCUT2D eigenvalue weighted by atomic mass is 35.5. The van der Waals surface area contributed by atoms with Gasteiger partial charge in [0, 0.05) is 6.07 Å². The largest absolute Gasteiger partial charge is 0.494 e. The molecule has 0 aliphatic heterocycles. The Morgan fingerprint density at radius 3 is 1.93 bits per heavy atom. The Hall–Kier alpha value is -1.57. The highest BCUT2D eigenvalue weighted by molar-refractivity contribution is 6.43. The van der Waals surface area contributed by atoms with Crippen LogP contribution in [0.15, 0.2) is 24.3 Å². The summed E-state index contributed by atoms with van der Waals surface area (Å²) in [6.07, 6.45) is 0. The molecule has 0 atom stereocenters. The molecule has 0 aliphatic rings. The zero-order chi connectivity index (χ0) is 20.7. The minimum absolute atomic E-state index is 0.0849. The first-order valence-electron chi connectivity index (χ1n) is 6.82. The molecule has 11 heteroatoms. The minimum atomic E-state index is -1.16. The average Bonchev–Trinajstić information content (AvgIpc) is 2.58. The van der Waals surface area contributed by atoms with E-state index in [9.17, 15) is 9.59 Å². The Morgan fingerprint density at radius 2 is 1.44 bits per heavy atom. The van der Waals surface area contributed by atoms with Gasteiger partial charge in [-0.2, -0.15) is 0 Å². The molecule has 146 valence electrons. The highest BCUT2D eigenvalue weighted by Crippen LogP contribution is 2.34. The van der Waals surface area contributed by atoms with E-state index < -0.39 is 18.5 Å². The van der Waals surface area contributed by atoms with Crippen molar-refractivity contribution in [2.75, 3.05) is 13.7 Å². The van der Waals surface area contributed by atoms with Crippen LogP contribution in [0.25, 0.3) is 0 Å². The Morgan fingerprint density at radius 1 is 0.889 bits per heavy atom. The van der Waals surface area contributed by atoms with Crippen LogP contribution in [0.5, 0.6) is 11.5 Å². The summed E-state index contributed by atoms with van der Waals surface area (Å²) in [6, 6.07) is 5.66. The fourth-order valence-electron chi connectivity index (χ4n) is 1.69. The molecule has 0 heterocycles. The van der Waals surface area contributed by atoms with Crippen LogP contribution in [0.3, 0.4) is 0 Å². The lowest BCUT2D eigenvalue weighted by molar-refractivity contribution is -0.139. The molecule has 0 radical (unpaired) electrons. The summed E-state index contributed by atoms with van der Waals surface area (Å²) in [6.45, 7) is -0.475. The van der Waals surface area contributed by atoms with E-state index >= 15 is 0 Å². The summed E-state index contributed by atoms with van der Waals surface area (Å²) in [5.74, 6) is -1.97. The van der Waals surface area contributed by atoms with Gasteiger partial charge in [-0.15, -0.1) is 0 Å². The van der Waals surface area contributed by atoms with E-state index in [-0.39, 0.29) is 37.2 Å². The fourth-order valence-corrected chi connectivity index (χ4v) is 2.74. The van der Waals surface area contributed by atoms with Crippen molar-refractivity contribution in [1.29, 1.82) is 0 Å². The number of carbonyl (C=O) groups is 2. The van der Waals surface area contributed by atoms with Gasteiger partial charge in [-0.1, -0.05) is 58.0 Å². The van der Waals surface area contributed by atoms with E-state index in [2.05, 4.69) is 0 Å². The highest BCUT2D eigenvalue weighted by Gasteiger charge is 2.18. The van der Waals surface area contributed by atoms with Gasteiger partial charge in [0.05, 0.1) is 32.2 Å². The molecule has 0 amide bonds. The number of hydrogen-bond acceptors (Lipinski definition) is 4. The van der Waals surface area contributed by atoms with E-state index in [1.807, 2.05) is 0 Å². The smallest absolute Gasteiger partial charge is 0.341 e. The van der Waals surface area contributed by atoms with Crippen LogP contribution in [0, 0.1) is 0 Å². The Balaban J connectivity index is 0.000000271. The maximum Gasteiger partial charge on any atom is 0.341 e. The van der Waals surface area contributed by atoms with Crippen LogP contribution in [0.1, 0.15) is 10.4 Å². The number of carboxylic acids is 2. The van der Waals surface area contributed by atoms with Gasteiger partial charge in [0.25, 0.3) is 0 Å². The van der Waals surface area contributed by atoms with Gasteiger partial charge in [-0.05, 0) is 18.2 Å². The SMILES string of the molecule is COc1c(Cl)ccc(Cl)c1C(=O)O.O=C(O)COc1cc(Cl)c(Cl)cc1Cl. The summed E-state index contributed by atoms with van der Waals surface area (Å²) >= 11 is 28.4. The van der Waals surface area contributed by atoms with Crippen molar-refractivity contribution in [2.45, 2.75) is 0 Å². The second kappa shape index (κ2) is 10.7. The standard InChI is InChI=1S/C8H5Cl3O3.C8H6Cl2O3/c9-4-1-6(11)7(2-5(4)10)14-3-8(12)13;1-13-7-5(10)3-2-4(9)6(7)8(11)12/h1-2H,3H2,(H,12,13);2-3H,1H3,(H,11,12). The molecule has 0 bridgehead atoms. The number of aliphatic carboxylic acids is 1. The van der Waals surface area contributed by atoms with Gasteiger partial charge in [0.15, 0.2) is 12.4 Å². The third-order valence-corrected chi connectivity index (χ3v) is 4.43. The van der Waals surface area contributed by atoms with Gasteiger partial charge >= 0.3 is 11.9 Å². The number of ether oxygens (including phenoxy) is 2. The van der Waals surface area contributed by atoms with E-state index in [1.54, 1.807) is 0 Å². The molecule has 0 aliphatic carbocycles. The minimum Gasteiger partial charge on any atom is -0.494 e. The van der Waals surface area contributed by atoms with Crippen molar-refractivity contribution in [1.82, 2.24) is 0 Å². The summed E-state index contributed by atoms with van der Waals surface area (Å²) in [5, 5.41) is 18.2. The number of hydrogen-bond donors (Lipinski definition) is 2. The Labute approximate surface area is 179 Å². The van der Waals surface area contributed by atoms with E-state index in [0.29, 0.717) is 5.02 Å². The quantitative estimate of drug-likeness (QED) is 0.529. The summed E-state index contributed by atoms with van der Waals surface area (Å²) in [7, 11) is 1.34. The zero-order valence-corrected chi connectivity index (χ0v) is 17.2. The maximum absolute atomic E-state index is 10.7. The van der Waals surface area contributed by atoms with Crippen LogP contribution in [0.2, 0.25) is 25.1 Å². The molecule has 0 fully saturated rings. The fraction of sp³-hybridized carbons (Fsp3) is 0.125. The van der Waals surface area contributed by atoms with Gasteiger partial charge in [-0.3, -0.25) is 0 Å². The van der Waals surface area contributed by atoms with Crippen molar-refractivity contribution in [2.24, 2.45) is 0 Å². The zero-order valence-electron chi connectivity index (χ0n) is 13.4. The van der Waals surface area contributed by atoms with E-state index in [0.717, 1.165) is 0 Å². The first-order valence-corrected chi connectivity index (χ1v) is 8.71. The molecule has 0 spiro atoms. The number of methoxy groups -OCH3 is 1. The number of rotatable bonds is 5. The topological polar surface area (TPSA) is 93.1 Å². The normalized spacial score (nSPS) is 9.85. The van der Waals surface area contributed by atoms with Crippen LogP contribution in [0.4, 0.5) is 0 Å². The lowest BCUT2D eigenvalue weighted by Gasteiger charge is -2.07. The molecule has 0 saturated carbocycles. The predicted octanol–water partition coefficient (Wildman–Crippen LogP) is 5.81. The summed E-state index contributed by atoms with van der Waals surface area (Å²) in [5.41, 5.74) is -0.114. The molecule has 0 unspecified atom stereocenters. The van der Waals surface area contributed by atoms with Crippen molar-refractivity contribution >= 4 is 69.9 Å². The van der Waals surface area contributed by atoms with Crippen molar-refractivity contribution in [3.8, 4) is 11.5 Å². The molecule has 2 N–H and O–H groups in total. The monoisotopic (exact) mass is 474 g/mol. The molecule has 0 saturated heterocycles. The molecule has 2 aromatic carbocycles. The van der Waals surface area contributed by atoms with Gasteiger partial charge in [0.2, 0.25) is 0 Å². The van der Waals surface area contributed by atoms with Crippen molar-refractivity contribution in [3.05, 3.63) is 54.9 Å². The van der Waals surface area contributed by atoms with Gasteiger partial charge in [-0.25, -0.2) is 9.59 Å². The van der Waals surface area contributed by atoms with Gasteiger partial charge < -0.3 is 19.7 Å². The Kier molecular flexibility index (Phi) is 9.29. The van der Waals surface area contributed by atoms with E-state index in [1.165, 1.54) is 31.4 Å². The molecular weight excluding hydrogens is 465 g/mol. The van der Waals surface area contributed by atoms with Crippen LogP contribution in [-0.4, -0.2) is 35.9 Å². The summed E-state index contributed by atoms with van der Waals surface area (Å²) < 4.78 is 9.68. The lowest BCUT2D eigenvalue weighted by atomic mass is 10.2. The maximum atomic E-state index is 10.7. The summed E-state index contributed by atoms with van der Waals surface area (Å²) in [4.78, 5) is 20.9. The number of carboxylic acid groups (broad SMARTS) is 2. The second-order valence-corrected chi connectivity index (χ2v) is 6.66. The second-order valence-electron chi connectivity index (χ2n) is 4.62. The number of halogens is 5. The molecule has 2 rings (SSSR count). The molecule has 6 nitrogen and oxygen atoms in total. The van der Waals surface area contributed by atoms with E-state index in [4.69, 9.17) is 77.7 Å². The third-order valence-electron chi connectivity index (χ3n) is 2.80. The molecular formula is C16H11Cl5O6. The first-order chi connectivity index (χ1) is 12.6. The van der Waals surface area contributed by atoms with Crippen LogP contribution < -0.4 is 9.47 Å². The van der Waals surface area contributed by atoms with Crippen molar-refractivity contribution < 1.29 is 29.3 Å². The Bertz CT molecular complexity index is 856. The predicted molar refractivity (Wildman–Crippen MR) is 105 cm³/mol. The van der Waals surface area contributed by atoms with Gasteiger partial charge in [0.1, 0.15) is 11.3 Å². The van der Waals surface area contributed by atoms with Crippen molar-refractivity contribution in [3.63, 3.8) is 0 Å². The van der Waals surface area contributed by atoms with Crippen LogP contribution in [-0.2, 0) is 4.79 Å². The first kappa shape index (κ1) is 23.5. The molecule has 2 aromatic rings. The molecule has 0 aromatic heterocycles. The average molecular weight is 477 g/mol. The number of aromatic carboxylic acids is 1. The lowest BCUT2D eigenvalue weighted by Crippen LogP contribution is -2.09. The molecule has 27 heavy (non-hydrogen) atoms. The van der Waals surface area contributed by atoms with Crippen LogP contribution >= 0.6 is 58.0 Å².